The number of urea groups is 1. The highest BCUT2D eigenvalue weighted by Gasteiger charge is 2.25. The molecule has 0 spiro atoms. The minimum Gasteiger partial charge on any atom is -0.497 e. The molecular weight excluding hydrogens is 414 g/mol. The van der Waals surface area contributed by atoms with Crippen molar-refractivity contribution < 1.29 is 14.3 Å². The Morgan fingerprint density at radius 1 is 0.970 bits per heavy atom. The van der Waals surface area contributed by atoms with Gasteiger partial charge in [-0.25, -0.2) is 4.79 Å². The van der Waals surface area contributed by atoms with Crippen molar-refractivity contribution in [3.8, 4) is 11.5 Å². The summed E-state index contributed by atoms with van der Waals surface area (Å²) < 4.78 is 10.7. The van der Waals surface area contributed by atoms with Gasteiger partial charge in [0.1, 0.15) is 11.5 Å². The Balaban J connectivity index is 1.36. The molecule has 2 N–H and O–H groups in total. The molecule has 2 amide bonds. The van der Waals surface area contributed by atoms with E-state index in [9.17, 15) is 4.79 Å². The Morgan fingerprint density at radius 2 is 1.70 bits per heavy atom. The molecule has 2 aliphatic heterocycles. The smallest absolute Gasteiger partial charge is 0.326 e. The van der Waals surface area contributed by atoms with Gasteiger partial charge in [-0.3, -0.25) is 4.90 Å². The van der Waals surface area contributed by atoms with Crippen molar-refractivity contribution >= 4 is 28.7 Å². The van der Waals surface area contributed by atoms with Crippen molar-refractivity contribution in [3.05, 3.63) is 95.7 Å². The van der Waals surface area contributed by atoms with Gasteiger partial charge in [-0.05, 0) is 59.5 Å². The van der Waals surface area contributed by atoms with Gasteiger partial charge in [0.15, 0.2) is 0 Å². The molecule has 0 saturated heterocycles. The van der Waals surface area contributed by atoms with Crippen LogP contribution in [-0.2, 0) is 6.42 Å². The Morgan fingerprint density at radius 3 is 2.45 bits per heavy atom. The topological polar surface area (TPSA) is 62.8 Å². The van der Waals surface area contributed by atoms with Gasteiger partial charge < -0.3 is 20.1 Å². The number of ether oxygens (including phenoxy) is 2. The van der Waals surface area contributed by atoms with E-state index in [1.54, 1.807) is 19.1 Å². The number of carbonyl (C=O) groups excluding carboxylic acids is 1. The third-order valence-corrected chi connectivity index (χ3v) is 6.11. The van der Waals surface area contributed by atoms with Crippen LogP contribution in [-0.4, -0.2) is 26.8 Å². The summed E-state index contributed by atoms with van der Waals surface area (Å²) in [7, 11) is 3.29. The first-order valence-electron chi connectivity index (χ1n) is 10.8. The number of amides is 2. The standard InChI is InChI=1S/C27H25N3O3/c1-17-23-11-10-21(32-2)14-24(23)25(16-28-17)18-4-7-20(8-5-18)29-27(31)30-13-12-19-6-9-22(33-3)15-26(19)30/h4-11,14-16,28H,1,12-13H2,2-3H3,(H,29,31). The highest BCUT2D eigenvalue weighted by Crippen LogP contribution is 2.35. The summed E-state index contributed by atoms with van der Waals surface area (Å²) in [6.07, 6.45) is 2.78. The maximum absolute atomic E-state index is 13.0. The van der Waals surface area contributed by atoms with E-state index in [1.165, 1.54) is 0 Å². The Labute approximate surface area is 193 Å². The SMILES string of the molecule is C=C1NC=C(c2ccc(NC(=O)N3CCc4ccc(OC)cc43)cc2)c2cc(OC)ccc21. The van der Waals surface area contributed by atoms with E-state index in [0.717, 1.165) is 62.8 Å². The number of nitrogens with one attached hydrogen (secondary N) is 2. The van der Waals surface area contributed by atoms with Crippen LogP contribution in [0.4, 0.5) is 16.2 Å². The van der Waals surface area contributed by atoms with Crippen LogP contribution in [0.5, 0.6) is 11.5 Å². The fourth-order valence-electron chi connectivity index (χ4n) is 4.31. The molecule has 0 atom stereocenters. The minimum absolute atomic E-state index is 0.153. The molecule has 3 aromatic carbocycles. The maximum atomic E-state index is 13.0. The summed E-state index contributed by atoms with van der Waals surface area (Å²) in [4.78, 5) is 14.7. The molecule has 166 valence electrons. The van der Waals surface area contributed by atoms with Crippen LogP contribution >= 0.6 is 0 Å². The first kappa shape index (κ1) is 20.7. The summed E-state index contributed by atoms with van der Waals surface area (Å²) in [5.41, 5.74) is 7.78. The molecule has 3 aromatic rings. The zero-order valence-corrected chi connectivity index (χ0v) is 18.6. The molecule has 2 heterocycles. The highest BCUT2D eigenvalue weighted by molar-refractivity contribution is 6.03. The van der Waals surface area contributed by atoms with Crippen LogP contribution in [0.2, 0.25) is 0 Å². The molecule has 0 bridgehead atoms. The van der Waals surface area contributed by atoms with Crippen molar-refractivity contribution in [2.75, 3.05) is 31.0 Å². The van der Waals surface area contributed by atoms with Crippen molar-refractivity contribution in [1.29, 1.82) is 0 Å². The van der Waals surface area contributed by atoms with Crippen LogP contribution in [0, 0.1) is 0 Å². The number of hydrogen-bond acceptors (Lipinski definition) is 4. The van der Waals surface area contributed by atoms with Crippen LogP contribution in [0.15, 0.2) is 73.4 Å². The molecule has 0 saturated carbocycles. The van der Waals surface area contributed by atoms with Crippen LogP contribution < -0.4 is 25.0 Å². The van der Waals surface area contributed by atoms with Crippen LogP contribution in [0.1, 0.15) is 22.3 Å². The third kappa shape index (κ3) is 3.80. The van der Waals surface area contributed by atoms with Crippen LogP contribution in [0.3, 0.4) is 0 Å². The van der Waals surface area contributed by atoms with E-state index in [1.807, 2.05) is 66.9 Å². The molecule has 5 rings (SSSR count). The number of carbonyl (C=O) groups is 1. The fourth-order valence-corrected chi connectivity index (χ4v) is 4.31. The van der Waals surface area contributed by atoms with Gasteiger partial charge in [0.05, 0.1) is 19.9 Å². The molecule has 2 aliphatic rings. The Bertz CT molecular complexity index is 1280. The predicted octanol–water partition coefficient (Wildman–Crippen LogP) is 5.26. The van der Waals surface area contributed by atoms with E-state index in [2.05, 4.69) is 17.2 Å². The lowest BCUT2D eigenvalue weighted by Gasteiger charge is -2.22. The lowest BCUT2D eigenvalue weighted by atomic mass is 9.91. The maximum Gasteiger partial charge on any atom is 0.326 e. The monoisotopic (exact) mass is 439 g/mol. The van der Waals surface area contributed by atoms with Gasteiger partial charge in [-0.2, -0.15) is 0 Å². The average molecular weight is 440 g/mol. The van der Waals surface area contributed by atoms with E-state index < -0.39 is 0 Å². The second-order valence-electron chi connectivity index (χ2n) is 8.00. The lowest BCUT2D eigenvalue weighted by molar-refractivity contribution is 0.257. The number of benzene rings is 3. The molecule has 0 fully saturated rings. The van der Waals surface area contributed by atoms with Crippen molar-refractivity contribution in [2.45, 2.75) is 6.42 Å². The number of fused-ring (bicyclic) bond motifs is 2. The predicted molar refractivity (Wildman–Crippen MR) is 132 cm³/mol. The lowest BCUT2D eigenvalue weighted by Crippen LogP contribution is -2.33. The van der Waals surface area contributed by atoms with E-state index in [-0.39, 0.29) is 6.03 Å². The second kappa shape index (κ2) is 8.39. The number of anilines is 2. The molecule has 0 aliphatic carbocycles. The van der Waals surface area contributed by atoms with Gasteiger partial charge in [0.2, 0.25) is 0 Å². The molecular formula is C27H25N3O3. The Hall–Kier alpha value is -4.19. The van der Waals surface area contributed by atoms with Crippen LogP contribution in [0.25, 0.3) is 11.3 Å². The highest BCUT2D eigenvalue weighted by atomic mass is 16.5. The Kier molecular flexibility index (Phi) is 5.26. The zero-order valence-electron chi connectivity index (χ0n) is 18.6. The number of methoxy groups -OCH3 is 2. The molecule has 0 unspecified atom stereocenters. The number of rotatable bonds is 4. The first-order valence-corrected chi connectivity index (χ1v) is 10.8. The average Bonchev–Trinajstić information content (AvgIpc) is 3.28. The van der Waals surface area contributed by atoms with E-state index in [0.29, 0.717) is 6.54 Å². The van der Waals surface area contributed by atoms with Crippen molar-refractivity contribution in [3.63, 3.8) is 0 Å². The minimum atomic E-state index is -0.153. The summed E-state index contributed by atoms with van der Waals surface area (Å²) in [6.45, 7) is 4.74. The molecule has 0 aromatic heterocycles. The molecule has 33 heavy (non-hydrogen) atoms. The zero-order chi connectivity index (χ0) is 22.9. The number of hydrogen-bond donors (Lipinski definition) is 2. The summed E-state index contributed by atoms with van der Waals surface area (Å²) >= 11 is 0. The van der Waals surface area contributed by atoms with Gasteiger partial charge in [0.25, 0.3) is 0 Å². The summed E-state index contributed by atoms with van der Waals surface area (Å²) in [5, 5.41) is 6.26. The normalized spacial score (nSPS) is 14.1. The summed E-state index contributed by atoms with van der Waals surface area (Å²) in [6, 6.07) is 19.5. The van der Waals surface area contributed by atoms with E-state index in [4.69, 9.17) is 9.47 Å². The fraction of sp³-hybridized carbons (Fsp3) is 0.148. The molecule has 6 heteroatoms. The van der Waals surface area contributed by atoms with E-state index >= 15 is 0 Å². The number of nitrogens with zero attached hydrogens (tertiary/aromatic N) is 1. The van der Waals surface area contributed by atoms with Gasteiger partial charge in [0, 0.05) is 41.3 Å². The van der Waals surface area contributed by atoms with Crippen molar-refractivity contribution in [1.82, 2.24) is 5.32 Å². The van der Waals surface area contributed by atoms with Gasteiger partial charge >= 0.3 is 6.03 Å². The molecule has 0 radical (unpaired) electrons. The third-order valence-electron chi connectivity index (χ3n) is 6.11. The second-order valence-corrected chi connectivity index (χ2v) is 8.00. The van der Waals surface area contributed by atoms with Gasteiger partial charge in [-0.15, -0.1) is 0 Å². The quantitative estimate of drug-likeness (QED) is 0.582. The molecule has 6 nitrogen and oxygen atoms in total. The largest absolute Gasteiger partial charge is 0.497 e. The summed E-state index contributed by atoms with van der Waals surface area (Å²) in [5.74, 6) is 1.53. The first-order chi connectivity index (χ1) is 16.1. The van der Waals surface area contributed by atoms with Crippen molar-refractivity contribution in [2.24, 2.45) is 0 Å². The van der Waals surface area contributed by atoms with Gasteiger partial charge in [-0.1, -0.05) is 24.8 Å².